The molecule has 0 bridgehead atoms. The van der Waals surface area contributed by atoms with Crippen LogP contribution in [0.3, 0.4) is 0 Å². The van der Waals surface area contributed by atoms with Crippen LogP contribution in [0.15, 0.2) is 48.5 Å². The zero-order chi connectivity index (χ0) is 22.0. The molecule has 9 heteroatoms. The van der Waals surface area contributed by atoms with Crippen LogP contribution in [0, 0.1) is 0 Å². The number of ether oxygens (including phenoxy) is 1. The monoisotopic (exact) mass is 459 g/mol. The van der Waals surface area contributed by atoms with Gasteiger partial charge in [0, 0.05) is 43.5 Å². The van der Waals surface area contributed by atoms with Crippen molar-refractivity contribution in [2.75, 3.05) is 43.9 Å². The van der Waals surface area contributed by atoms with E-state index in [1.165, 1.54) is 4.68 Å². The van der Waals surface area contributed by atoms with Crippen LogP contribution in [0.4, 0.5) is 11.5 Å². The number of hydrogen-bond donors (Lipinski definition) is 1. The first-order chi connectivity index (χ1) is 15.0. The van der Waals surface area contributed by atoms with Crippen LogP contribution in [0.2, 0.25) is 10.0 Å². The van der Waals surface area contributed by atoms with Gasteiger partial charge in [-0.15, -0.1) is 0 Å². The first-order valence-electron chi connectivity index (χ1n) is 9.91. The summed E-state index contributed by atoms with van der Waals surface area (Å²) in [7, 11) is 1.60. The molecule has 1 fully saturated rings. The van der Waals surface area contributed by atoms with Crippen molar-refractivity contribution in [1.82, 2.24) is 14.7 Å². The van der Waals surface area contributed by atoms with Crippen molar-refractivity contribution in [2.24, 2.45) is 0 Å². The van der Waals surface area contributed by atoms with Crippen LogP contribution in [-0.4, -0.2) is 53.9 Å². The molecule has 2 N–H and O–H groups in total. The van der Waals surface area contributed by atoms with Gasteiger partial charge in [-0.05, 0) is 12.1 Å². The lowest BCUT2D eigenvalue weighted by Crippen LogP contribution is -2.49. The Balaban J connectivity index is 1.41. The Morgan fingerprint density at radius 3 is 2.48 bits per heavy atom. The van der Waals surface area contributed by atoms with Crippen molar-refractivity contribution in [1.29, 1.82) is 0 Å². The molecule has 2 heterocycles. The Bertz CT molecular complexity index is 1080. The zero-order valence-corrected chi connectivity index (χ0v) is 18.6. The minimum Gasteiger partial charge on any atom is -0.495 e. The van der Waals surface area contributed by atoms with Crippen molar-refractivity contribution in [3.05, 3.63) is 58.6 Å². The number of carbonyl (C=O) groups is 1. The van der Waals surface area contributed by atoms with Crippen molar-refractivity contribution in [2.45, 2.75) is 6.54 Å². The Hall–Kier alpha value is -2.90. The Morgan fingerprint density at radius 1 is 1.10 bits per heavy atom. The standard InChI is InChI=1S/C22H23Cl2N5O2/c1-31-18-13-16(7-8-17(18)23)27-9-11-28(12-10-27)19(30)14-29-22(25)20(24)21(26-29)15-5-3-2-4-6-15/h2-8,13H,9-12,14,25H2,1H3. The van der Waals surface area contributed by atoms with E-state index in [9.17, 15) is 4.79 Å². The van der Waals surface area contributed by atoms with E-state index in [2.05, 4.69) is 10.00 Å². The molecule has 0 saturated carbocycles. The summed E-state index contributed by atoms with van der Waals surface area (Å²) in [5, 5.41) is 5.42. The number of anilines is 2. The Kier molecular flexibility index (Phi) is 6.25. The molecule has 0 radical (unpaired) electrons. The molecule has 31 heavy (non-hydrogen) atoms. The number of carbonyl (C=O) groups excluding carboxylic acids is 1. The lowest BCUT2D eigenvalue weighted by Gasteiger charge is -2.36. The van der Waals surface area contributed by atoms with Gasteiger partial charge in [0.05, 0.1) is 12.1 Å². The molecule has 0 aliphatic carbocycles. The summed E-state index contributed by atoms with van der Waals surface area (Å²) in [4.78, 5) is 16.9. The summed E-state index contributed by atoms with van der Waals surface area (Å²) in [6.45, 7) is 2.67. The molecule has 0 unspecified atom stereocenters. The van der Waals surface area contributed by atoms with E-state index in [0.29, 0.717) is 53.5 Å². The highest BCUT2D eigenvalue weighted by atomic mass is 35.5. The lowest BCUT2D eigenvalue weighted by atomic mass is 10.1. The number of nitrogen functional groups attached to an aromatic ring is 1. The van der Waals surface area contributed by atoms with Gasteiger partial charge in [0.1, 0.15) is 28.8 Å². The molecule has 0 atom stereocenters. The van der Waals surface area contributed by atoms with E-state index in [4.69, 9.17) is 33.7 Å². The molecule has 3 aromatic rings. The summed E-state index contributed by atoms with van der Waals surface area (Å²) in [6.07, 6.45) is 0. The molecule has 162 valence electrons. The van der Waals surface area contributed by atoms with Gasteiger partial charge in [-0.25, -0.2) is 4.68 Å². The van der Waals surface area contributed by atoms with E-state index in [0.717, 1.165) is 11.3 Å². The third-order valence-electron chi connectivity index (χ3n) is 5.40. The normalized spacial score (nSPS) is 14.0. The van der Waals surface area contributed by atoms with Gasteiger partial charge in [0.15, 0.2) is 0 Å². The summed E-state index contributed by atoms with van der Waals surface area (Å²) >= 11 is 12.5. The third kappa shape index (κ3) is 4.43. The maximum atomic E-state index is 12.9. The average molecular weight is 460 g/mol. The highest BCUT2D eigenvalue weighted by Crippen LogP contribution is 2.32. The zero-order valence-electron chi connectivity index (χ0n) is 17.1. The van der Waals surface area contributed by atoms with Gasteiger partial charge in [-0.3, -0.25) is 4.79 Å². The smallest absolute Gasteiger partial charge is 0.244 e. The van der Waals surface area contributed by atoms with Crippen LogP contribution in [0.25, 0.3) is 11.3 Å². The van der Waals surface area contributed by atoms with Crippen molar-refractivity contribution in [3.8, 4) is 17.0 Å². The van der Waals surface area contributed by atoms with E-state index < -0.39 is 0 Å². The first-order valence-corrected chi connectivity index (χ1v) is 10.7. The molecule has 1 aromatic heterocycles. The van der Waals surface area contributed by atoms with E-state index in [1.807, 2.05) is 53.4 Å². The van der Waals surface area contributed by atoms with Gasteiger partial charge in [-0.2, -0.15) is 5.10 Å². The highest BCUT2D eigenvalue weighted by Gasteiger charge is 2.24. The highest BCUT2D eigenvalue weighted by molar-refractivity contribution is 6.35. The van der Waals surface area contributed by atoms with Crippen molar-refractivity contribution in [3.63, 3.8) is 0 Å². The predicted molar refractivity (Wildman–Crippen MR) is 124 cm³/mol. The van der Waals surface area contributed by atoms with E-state index in [-0.39, 0.29) is 12.5 Å². The Morgan fingerprint density at radius 2 is 1.81 bits per heavy atom. The lowest BCUT2D eigenvalue weighted by molar-refractivity contribution is -0.132. The Labute approximate surface area is 190 Å². The molecule has 4 rings (SSSR count). The second-order valence-corrected chi connectivity index (χ2v) is 8.04. The van der Waals surface area contributed by atoms with E-state index in [1.54, 1.807) is 7.11 Å². The number of nitrogens with two attached hydrogens (primary N) is 1. The maximum Gasteiger partial charge on any atom is 0.244 e. The number of hydrogen-bond acceptors (Lipinski definition) is 5. The number of halogens is 2. The topological polar surface area (TPSA) is 76.6 Å². The molecule has 1 aliphatic rings. The fourth-order valence-electron chi connectivity index (χ4n) is 3.64. The van der Waals surface area contributed by atoms with Crippen molar-refractivity contribution >= 4 is 40.6 Å². The number of benzene rings is 2. The second-order valence-electron chi connectivity index (χ2n) is 7.26. The van der Waals surface area contributed by atoms with Crippen LogP contribution in [-0.2, 0) is 11.3 Å². The minimum atomic E-state index is -0.0428. The molecule has 1 amide bonds. The van der Waals surface area contributed by atoms with Gasteiger partial charge in [0.25, 0.3) is 0 Å². The van der Waals surface area contributed by atoms with Gasteiger partial charge in [-0.1, -0.05) is 53.5 Å². The van der Waals surface area contributed by atoms with Crippen LogP contribution < -0.4 is 15.4 Å². The number of methoxy groups -OCH3 is 1. The summed E-state index contributed by atoms with van der Waals surface area (Å²) in [5.74, 6) is 0.887. The summed E-state index contributed by atoms with van der Waals surface area (Å²) < 4.78 is 6.78. The minimum absolute atomic E-state index is 0.0428. The fourth-order valence-corrected chi connectivity index (χ4v) is 4.08. The van der Waals surface area contributed by atoms with Crippen LogP contribution >= 0.6 is 23.2 Å². The molecule has 7 nitrogen and oxygen atoms in total. The number of nitrogens with zero attached hydrogens (tertiary/aromatic N) is 4. The second kappa shape index (κ2) is 9.08. The fraction of sp³-hybridized carbons (Fsp3) is 0.273. The first kappa shape index (κ1) is 21.3. The van der Waals surface area contributed by atoms with Crippen LogP contribution in [0.1, 0.15) is 0 Å². The van der Waals surface area contributed by atoms with Gasteiger partial charge >= 0.3 is 0 Å². The molecule has 0 spiro atoms. The largest absolute Gasteiger partial charge is 0.495 e. The summed E-state index contributed by atoms with van der Waals surface area (Å²) in [6, 6.07) is 15.2. The molecular weight excluding hydrogens is 437 g/mol. The van der Waals surface area contributed by atoms with Crippen LogP contribution in [0.5, 0.6) is 5.75 Å². The molecule has 1 saturated heterocycles. The number of piperazine rings is 1. The molecule has 1 aliphatic heterocycles. The van der Waals surface area contributed by atoms with Gasteiger partial charge < -0.3 is 20.3 Å². The number of rotatable bonds is 5. The molecule has 2 aromatic carbocycles. The SMILES string of the molecule is COc1cc(N2CCN(C(=O)Cn3nc(-c4ccccc4)c(Cl)c3N)CC2)ccc1Cl. The summed E-state index contributed by atoms with van der Waals surface area (Å²) in [5.41, 5.74) is 8.58. The van der Waals surface area contributed by atoms with E-state index >= 15 is 0 Å². The molecular formula is C22H23Cl2N5O2. The third-order valence-corrected chi connectivity index (χ3v) is 6.08. The van der Waals surface area contributed by atoms with Crippen molar-refractivity contribution < 1.29 is 9.53 Å². The number of aromatic nitrogens is 2. The van der Waals surface area contributed by atoms with Gasteiger partial charge in [0.2, 0.25) is 5.91 Å². The quantitative estimate of drug-likeness (QED) is 0.627. The number of amides is 1. The average Bonchev–Trinajstić information content (AvgIpc) is 3.08. The maximum absolute atomic E-state index is 12.9. The predicted octanol–water partition coefficient (Wildman–Crippen LogP) is 3.80.